The first kappa shape index (κ1) is 18.4. The molecule has 0 atom stereocenters. The fourth-order valence-corrected chi connectivity index (χ4v) is 3.19. The van der Waals surface area contributed by atoms with Gasteiger partial charge >= 0.3 is 6.09 Å². The molecule has 0 aromatic heterocycles. The molecule has 2 aromatic rings. The first-order valence-electron chi connectivity index (χ1n) is 8.72. The van der Waals surface area contributed by atoms with E-state index in [0.29, 0.717) is 11.1 Å². The van der Waals surface area contributed by atoms with Gasteiger partial charge in [0.15, 0.2) is 0 Å². The quantitative estimate of drug-likeness (QED) is 0.793. The summed E-state index contributed by atoms with van der Waals surface area (Å²) in [5.41, 5.74) is 3.08. The Bertz CT molecular complexity index is 746. The van der Waals surface area contributed by atoms with Gasteiger partial charge in [0, 0.05) is 31.2 Å². The Labute approximate surface area is 159 Å². The lowest BCUT2D eigenvalue weighted by atomic mass is 9.86. The largest absolute Gasteiger partial charge is 0.445 e. The van der Waals surface area contributed by atoms with E-state index in [1.807, 2.05) is 67.5 Å². The molecule has 1 saturated carbocycles. The number of ether oxygens (including phenoxy) is 1. The molecular formula is C20H24ClN3O2. The Hall–Kier alpha value is -2.40. The van der Waals surface area contributed by atoms with Gasteiger partial charge in [0.25, 0.3) is 0 Å². The lowest BCUT2D eigenvalue weighted by Crippen LogP contribution is -2.49. The van der Waals surface area contributed by atoms with E-state index in [2.05, 4.69) is 10.6 Å². The van der Waals surface area contributed by atoms with Crippen LogP contribution in [0.2, 0.25) is 5.02 Å². The summed E-state index contributed by atoms with van der Waals surface area (Å²) in [7, 11) is 4.00. The van der Waals surface area contributed by atoms with Crippen LogP contribution >= 0.6 is 11.6 Å². The number of alkyl carbamates (subject to hydrolysis) is 1. The lowest BCUT2D eigenvalue weighted by molar-refractivity contribution is 0.129. The summed E-state index contributed by atoms with van der Waals surface area (Å²) < 4.78 is 5.26. The number of carbonyl (C=O) groups is 1. The number of nitrogens with one attached hydrogen (secondary N) is 2. The Morgan fingerprint density at radius 2 is 1.88 bits per heavy atom. The van der Waals surface area contributed by atoms with Gasteiger partial charge in [-0.25, -0.2) is 4.79 Å². The van der Waals surface area contributed by atoms with Gasteiger partial charge < -0.3 is 20.3 Å². The molecular weight excluding hydrogens is 350 g/mol. The molecule has 0 saturated heterocycles. The molecule has 2 N–H and O–H groups in total. The first-order valence-corrected chi connectivity index (χ1v) is 9.09. The molecule has 0 heterocycles. The number of hydrogen-bond donors (Lipinski definition) is 2. The van der Waals surface area contributed by atoms with Crippen LogP contribution in [0.5, 0.6) is 0 Å². The van der Waals surface area contributed by atoms with E-state index in [0.717, 1.165) is 29.8 Å². The maximum atomic E-state index is 11.9. The van der Waals surface area contributed by atoms with Crippen molar-refractivity contribution in [2.75, 3.05) is 24.3 Å². The Balaban J connectivity index is 1.43. The molecule has 6 heteroatoms. The zero-order valence-electron chi connectivity index (χ0n) is 15.0. The monoisotopic (exact) mass is 373 g/mol. The predicted molar refractivity (Wildman–Crippen MR) is 106 cm³/mol. The highest BCUT2D eigenvalue weighted by Crippen LogP contribution is 2.32. The molecule has 0 spiro atoms. The minimum Gasteiger partial charge on any atom is -0.445 e. The van der Waals surface area contributed by atoms with Gasteiger partial charge in [0.2, 0.25) is 0 Å². The van der Waals surface area contributed by atoms with Gasteiger partial charge in [-0.1, -0.05) is 41.9 Å². The van der Waals surface area contributed by atoms with Crippen LogP contribution in [0.15, 0.2) is 48.5 Å². The second kappa shape index (κ2) is 8.32. The third-order valence-corrected chi connectivity index (χ3v) is 4.71. The SMILES string of the molecule is CN(C)c1ccc(Cl)cc1NC1CC(NC(=O)OCc2ccccc2)C1. The third-order valence-electron chi connectivity index (χ3n) is 4.47. The van der Waals surface area contributed by atoms with Crippen LogP contribution in [0.4, 0.5) is 16.2 Å². The van der Waals surface area contributed by atoms with Crippen LogP contribution in [0, 0.1) is 0 Å². The van der Waals surface area contributed by atoms with Gasteiger partial charge in [0.1, 0.15) is 6.61 Å². The molecule has 2 aromatic carbocycles. The van der Waals surface area contributed by atoms with Crippen molar-refractivity contribution in [3.05, 3.63) is 59.1 Å². The number of halogens is 1. The predicted octanol–water partition coefficient (Wildman–Crippen LogP) is 4.28. The van der Waals surface area contributed by atoms with Crippen LogP contribution in [-0.2, 0) is 11.3 Å². The van der Waals surface area contributed by atoms with E-state index in [4.69, 9.17) is 16.3 Å². The van der Waals surface area contributed by atoms with Crippen LogP contribution < -0.4 is 15.5 Å². The van der Waals surface area contributed by atoms with Gasteiger partial charge in [-0.15, -0.1) is 0 Å². The smallest absolute Gasteiger partial charge is 0.407 e. The lowest BCUT2D eigenvalue weighted by Gasteiger charge is -2.37. The highest BCUT2D eigenvalue weighted by atomic mass is 35.5. The van der Waals surface area contributed by atoms with Gasteiger partial charge in [-0.3, -0.25) is 0 Å². The van der Waals surface area contributed by atoms with Crippen LogP contribution in [-0.4, -0.2) is 32.3 Å². The molecule has 0 aliphatic heterocycles. The average molecular weight is 374 g/mol. The molecule has 1 aliphatic carbocycles. The topological polar surface area (TPSA) is 53.6 Å². The number of nitrogens with zero attached hydrogens (tertiary/aromatic N) is 1. The molecule has 26 heavy (non-hydrogen) atoms. The summed E-state index contributed by atoms with van der Waals surface area (Å²) >= 11 is 6.12. The molecule has 0 unspecified atom stereocenters. The fourth-order valence-electron chi connectivity index (χ4n) is 3.02. The Morgan fingerprint density at radius 1 is 1.15 bits per heavy atom. The van der Waals surface area contributed by atoms with Crippen LogP contribution in [0.3, 0.4) is 0 Å². The van der Waals surface area contributed by atoms with E-state index in [1.165, 1.54) is 0 Å². The van der Waals surface area contributed by atoms with Crippen molar-refractivity contribution in [2.24, 2.45) is 0 Å². The zero-order chi connectivity index (χ0) is 18.5. The van der Waals surface area contributed by atoms with Gasteiger partial charge in [-0.05, 0) is 36.6 Å². The highest BCUT2D eigenvalue weighted by molar-refractivity contribution is 6.31. The molecule has 1 fully saturated rings. The Morgan fingerprint density at radius 3 is 2.58 bits per heavy atom. The van der Waals surface area contributed by atoms with Crippen molar-refractivity contribution in [3.63, 3.8) is 0 Å². The third kappa shape index (κ3) is 4.82. The number of hydrogen-bond acceptors (Lipinski definition) is 4. The van der Waals surface area contributed by atoms with E-state index < -0.39 is 0 Å². The van der Waals surface area contributed by atoms with Crippen LogP contribution in [0.1, 0.15) is 18.4 Å². The summed E-state index contributed by atoms with van der Waals surface area (Å²) in [5.74, 6) is 0. The summed E-state index contributed by atoms with van der Waals surface area (Å²) in [6.07, 6.45) is 1.36. The minimum absolute atomic E-state index is 0.137. The summed E-state index contributed by atoms with van der Waals surface area (Å²) in [5, 5.41) is 7.13. The van der Waals surface area contributed by atoms with Crippen molar-refractivity contribution >= 4 is 29.1 Å². The molecule has 1 amide bonds. The van der Waals surface area contributed by atoms with Crippen molar-refractivity contribution in [1.29, 1.82) is 0 Å². The van der Waals surface area contributed by atoms with E-state index >= 15 is 0 Å². The zero-order valence-corrected chi connectivity index (χ0v) is 15.8. The number of carbonyl (C=O) groups excluding carboxylic acids is 1. The summed E-state index contributed by atoms with van der Waals surface area (Å²) in [4.78, 5) is 13.9. The van der Waals surface area contributed by atoms with Crippen molar-refractivity contribution in [2.45, 2.75) is 31.5 Å². The number of anilines is 2. The van der Waals surface area contributed by atoms with Crippen LogP contribution in [0.25, 0.3) is 0 Å². The molecule has 5 nitrogen and oxygen atoms in total. The minimum atomic E-state index is -0.367. The van der Waals surface area contributed by atoms with Crippen molar-refractivity contribution < 1.29 is 9.53 Å². The highest BCUT2D eigenvalue weighted by Gasteiger charge is 2.31. The second-order valence-corrected chi connectivity index (χ2v) is 7.21. The standard InChI is InChI=1S/C20H24ClN3O2/c1-24(2)19-9-8-15(21)10-18(19)22-16-11-17(12-16)23-20(25)26-13-14-6-4-3-5-7-14/h3-10,16-17,22H,11-13H2,1-2H3,(H,23,25). The maximum Gasteiger partial charge on any atom is 0.407 e. The fraction of sp³-hybridized carbons (Fsp3) is 0.350. The van der Waals surface area contributed by atoms with Gasteiger partial charge in [-0.2, -0.15) is 0 Å². The summed E-state index contributed by atoms with van der Waals surface area (Å²) in [6.45, 7) is 0.287. The number of amides is 1. The molecule has 0 bridgehead atoms. The van der Waals surface area contributed by atoms with E-state index in [1.54, 1.807) is 0 Å². The number of benzene rings is 2. The van der Waals surface area contributed by atoms with Crippen molar-refractivity contribution in [1.82, 2.24) is 5.32 Å². The Kier molecular flexibility index (Phi) is 5.89. The maximum absolute atomic E-state index is 11.9. The normalized spacial score (nSPS) is 18.6. The second-order valence-electron chi connectivity index (χ2n) is 6.77. The molecule has 0 radical (unpaired) electrons. The van der Waals surface area contributed by atoms with E-state index in [-0.39, 0.29) is 18.7 Å². The van der Waals surface area contributed by atoms with Gasteiger partial charge in [0.05, 0.1) is 11.4 Å². The number of rotatable bonds is 6. The first-order chi connectivity index (χ1) is 12.5. The summed E-state index contributed by atoms with van der Waals surface area (Å²) in [6, 6.07) is 15.9. The average Bonchev–Trinajstić information content (AvgIpc) is 2.59. The van der Waals surface area contributed by atoms with E-state index in [9.17, 15) is 4.79 Å². The molecule has 1 aliphatic rings. The molecule has 3 rings (SSSR count). The van der Waals surface area contributed by atoms with Crippen molar-refractivity contribution in [3.8, 4) is 0 Å². The molecule has 138 valence electrons.